The monoisotopic (exact) mass is 266 g/mol. The van der Waals surface area contributed by atoms with Crippen LogP contribution in [0.25, 0.3) is 0 Å². The molecule has 2 N–H and O–H groups in total. The Labute approximate surface area is 114 Å². The maximum atomic E-state index is 13.4. The Morgan fingerprint density at radius 2 is 2.32 bits per heavy atom. The predicted octanol–water partition coefficient (Wildman–Crippen LogP) is 2.29. The fourth-order valence-electron chi connectivity index (χ4n) is 2.95. The van der Waals surface area contributed by atoms with E-state index in [1.165, 1.54) is 12.5 Å². The molecule has 0 aromatic heterocycles. The molecule has 1 fully saturated rings. The Morgan fingerprint density at radius 3 is 3.05 bits per heavy atom. The maximum absolute atomic E-state index is 13.4. The van der Waals surface area contributed by atoms with Crippen LogP contribution >= 0.6 is 0 Å². The number of nitrogens with zero attached hydrogens (tertiary/aromatic N) is 1. The summed E-state index contributed by atoms with van der Waals surface area (Å²) in [6.07, 6.45) is 4.18. The fourth-order valence-corrected chi connectivity index (χ4v) is 2.95. The molecule has 2 rings (SSSR count). The van der Waals surface area contributed by atoms with Gasteiger partial charge in [-0.05, 0) is 56.5 Å². The van der Waals surface area contributed by atoms with E-state index in [-0.39, 0.29) is 12.4 Å². The van der Waals surface area contributed by atoms with Gasteiger partial charge in [0.2, 0.25) is 0 Å². The van der Waals surface area contributed by atoms with Gasteiger partial charge >= 0.3 is 0 Å². The minimum atomic E-state index is -0.180. The molecule has 19 heavy (non-hydrogen) atoms. The van der Waals surface area contributed by atoms with Crippen molar-refractivity contribution in [2.24, 2.45) is 0 Å². The predicted molar refractivity (Wildman–Crippen MR) is 75.9 cm³/mol. The molecule has 1 aromatic rings. The van der Waals surface area contributed by atoms with Crippen molar-refractivity contribution in [1.29, 1.82) is 0 Å². The molecule has 1 atom stereocenters. The van der Waals surface area contributed by atoms with Crippen LogP contribution in [0, 0.1) is 5.82 Å². The number of hydrogen-bond donors (Lipinski definition) is 2. The van der Waals surface area contributed by atoms with Gasteiger partial charge in [0.1, 0.15) is 5.82 Å². The standard InChI is InChI=1S/C15H23FN2O/c1-17-11-12-10-13(16)6-7-15(12)18-8-2-4-14(18)5-3-9-19/h6-7,10,14,17,19H,2-5,8-9,11H2,1H3. The molecule has 4 heteroatoms. The molecule has 1 aliphatic heterocycles. The number of rotatable bonds is 6. The van der Waals surface area contributed by atoms with Crippen LogP contribution in [0.5, 0.6) is 0 Å². The Morgan fingerprint density at radius 1 is 1.47 bits per heavy atom. The number of halogens is 1. The van der Waals surface area contributed by atoms with Gasteiger partial charge in [-0.3, -0.25) is 0 Å². The van der Waals surface area contributed by atoms with Gasteiger partial charge < -0.3 is 15.3 Å². The van der Waals surface area contributed by atoms with Crippen LogP contribution in [-0.4, -0.2) is 31.3 Å². The van der Waals surface area contributed by atoms with Crippen LogP contribution in [0.4, 0.5) is 10.1 Å². The van der Waals surface area contributed by atoms with Gasteiger partial charge in [-0.15, -0.1) is 0 Å². The molecule has 3 nitrogen and oxygen atoms in total. The third-order valence-corrected chi connectivity index (χ3v) is 3.79. The Kier molecular flexibility index (Phi) is 5.16. The van der Waals surface area contributed by atoms with Gasteiger partial charge in [0, 0.05) is 31.4 Å². The lowest BCUT2D eigenvalue weighted by atomic mass is 10.1. The highest BCUT2D eigenvalue weighted by atomic mass is 19.1. The second-order valence-corrected chi connectivity index (χ2v) is 5.16. The number of nitrogens with one attached hydrogen (secondary N) is 1. The summed E-state index contributed by atoms with van der Waals surface area (Å²) in [4.78, 5) is 2.38. The van der Waals surface area contributed by atoms with E-state index < -0.39 is 0 Å². The van der Waals surface area contributed by atoms with Gasteiger partial charge in [0.05, 0.1) is 0 Å². The van der Waals surface area contributed by atoms with Crippen molar-refractivity contribution >= 4 is 5.69 Å². The molecule has 1 unspecified atom stereocenters. The van der Waals surface area contributed by atoms with E-state index in [0.717, 1.165) is 37.1 Å². The molecule has 0 saturated carbocycles. The fraction of sp³-hybridized carbons (Fsp3) is 0.600. The van der Waals surface area contributed by atoms with E-state index in [4.69, 9.17) is 5.11 Å². The average Bonchev–Trinajstić information content (AvgIpc) is 2.85. The van der Waals surface area contributed by atoms with Crippen molar-refractivity contribution in [3.63, 3.8) is 0 Å². The molecular formula is C15H23FN2O. The van der Waals surface area contributed by atoms with Crippen LogP contribution in [0.3, 0.4) is 0 Å². The third-order valence-electron chi connectivity index (χ3n) is 3.79. The summed E-state index contributed by atoms with van der Waals surface area (Å²) < 4.78 is 13.4. The molecule has 1 aliphatic rings. The topological polar surface area (TPSA) is 35.5 Å². The number of aliphatic hydroxyl groups excluding tert-OH is 1. The highest BCUT2D eigenvalue weighted by molar-refractivity contribution is 5.55. The second kappa shape index (κ2) is 6.87. The number of anilines is 1. The Bertz CT molecular complexity index is 411. The highest BCUT2D eigenvalue weighted by Crippen LogP contribution is 2.31. The molecule has 1 heterocycles. The van der Waals surface area contributed by atoms with Crippen LogP contribution in [0.15, 0.2) is 18.2 Å². The molecule has 0 amide bonds. The summed E-state index contributed by atoms with van der Waals surface area (Å²) in [5.41, 5.74) is 2.15. The highest BCUT2D eigenvalue weighted by Gasteiger charge is 2.25. The summed E-state index contributed by atoms with van der Waals surface area (Å²) >= 11 is 0. The quantitative estimate of drug-likeness (QED) is 0.829. The van der Waals surface area contributed by atoms with Crippen molar-refractivity contribution in [2.75, 3.05) is 25.1 Å². The lowest BCUT2D eigenvalue weighted by Crippen LogP contribution is -2.30. The van der Waals surface area contributed by atoms with E-state index in [0.29, 0.717) is 12.6 Å². The van der Waals surface area contributed by atoms with Gasteiger partial charge in [-0.1, -0.05) is 0 Å². The van der Waals surface area contributed by atoms with Gasteiger partial charge in [-0.2, -0.15) is 0 Å². The van der Waals surface area contributed by atoms with E-state index in [2.05, 4.69) is 10.2 Å². The summed E-state index contributed by atoms with van der Waals surface area (Å²) in [5.74, 6) is -0.180. The molecule has 0 spiro atoms. The zero-order chi connectivity index (χ0) is 13.7. The van der Waals surface area contributed by atoms with E-state index in [1.807, 2.05) is 13.1 Å². The smallest absolute Gasteiger partial charge is 0.123 e. The number of benzene rings is 1. The Balaban J connectivity index is 2.19. The lowest BCUT2D eigenvalue weighted by Gasteiger charge is -2.29. The van der Waals surface area contributed by atoms with Crippen molar-refractivity contribution in [3.8, 4) is 0 Å². The summed E-state index contributed by atoms with van der Waals surface area (Å²) in [6, 6.07) is 5.52. The summed E-state index contributed by atoms with van der Waals surface area (Å²) in [6.45, 7) is 1.95. The van der Waals surface area contributed by atoms with Gasteiger partial charge in [0.25, 0.3) is 0 Å². The van der Waals surface area contributed by atoms with E-state index in [1.54, 1.807) is 6.07 Å². The normalized spacial score (nSPS) is 19.1. The van der Waals surface area contributed by atoms with Crippen molar-refractivity contribution in [3.05, 3.63) is 29.6 Å². The van der Waals surface area contributed by atoms with Crippen LogP contribution in [0.1, 0.15) is 31.2 Å². The summed E-state index contributed by atoms with van der Waals surface area (Å²) in [7, 11) is 1.88. The molecular weight excluding hydrogens is 243 g/mol. The van der Waals surface area contributed by atoms with E-state index in [9.17, 15) is 4.39 Å². The van der Waals surface area contributed by atoms with Gasteiger partial charge in [-0.25, -0.2) is 4.39 Å². The molecule has 0 radical (unpaired) electrons. The Hall–Kier alpha value is -1.13. The number of hydrogen-bond acceptors (Lipinski definition) is 3. The first-order valence-corrected chi connectivity index (χ1v) is 7.06. The third kappa shape index (κ3) is 3.45. The largest absolute Gasteiger partial charge is 0.396 e. The molecule has 0 bridgehead atoms. The first kappa shape index (κ1) is 14.3. The van der Waals surface area contributed by atoms with Crippen molar-refractivity contribution < 1.29 is 9.50 Å². The zero-order valence-electron chi connectivity index (χ0n) is 11.5. The molecule has 0 aliphatic carbocycles. The first-order chi connectivity index (χ1) is 9.26. The second-order valence-electron chi connectivity index (χ2n) is 5.16. The molecule has 106 valence electrons. The van der Waals surface area contributed by atoms with Gasteiger partial charge in [0.15, 0.2) is 0 Å². The van der Waals surface area contributed by atoms with Crippen LogP contribution in [-0.2, 0) is 6.54 Å². The van der Waals surface area contributed by atoms with Crippen LogP contribution < -0.4 is 10.2 Å². The van der Waals surface area contributed by atoms with Crippen molar-refractivity contribution in [2.45, 2.75) is 38.3 Å². The molecule has 1 saturated heterocycles. The zero-order valence-corrected chi connectivity index (χ0v) is 11.5. The first-order valence-electron chi connectivity index (χ1n) is 7.06. The minimum Gasteiger partial charge on any atom is -0.396 e. The molecule has 1 aromatic carbocycles. The summed E-state index contributed by atoms with van der Waals surface area (Å²) in [5, 5.41) is 12.1. The minimum absolute atomic E-state index is 0.180. The van der Waals surface area contributed by atoms with E-state index >= 15 is 0 Å². The van der Waals surface area contributed by atoms with Crippen molar-refractivity contribution in [1.82, 2.24) is 5.32 Å². The van der Waals surface area contributed by atoms with Crippen LogP contribution in [0.2, 0.25) is 0 Å². The lowest BCUT2D eigenvalue weighted by molar-refractivity contribution is 0.279. The SMILES string of the molecule is CNCc1cc(F)ccc1N1CCCC1CCCO. The average molecular weight is 266 g/mol. The number of aliphatic hydroxyl groups is 1. The maximum Gasteiger partial charge on any atom is 0.123 e.